The third kappa shape index (κ3) is 3.17. The maximum absolute atomic E-state index is 12.1. The van der Waals surface area contributed by atoms with Gasteiger partial charge in [-0.3, -0.25) is 14.9 Å². The van der Waals surface area contributed by atoms with E-state index in [0.29, 0.717) is 20.0 Å². The van der Waals surface area contributed by atoms with Gasteiger partial charge >= 0.3 is 26.9 Å². The highest BCUT2D eigenvalue weighted by Gasteiger charge is 2.39. The molecule has 0 N–H and O–H groups in total. The van der Waals surface area contributed by atoms with Gasteiger partial charge in [0.2, 0.25) is 9.36 Å². The fourth-order valence-corrected chi connectivity index (χ4v) is 4.73. The van der Waals surface area contributed by atoms with Crippen LogP contribution < -0.4 is 26.3 Å². The summed E-state index contributed by atoms with van der Waals surface area (Å²) < 4.78 is 0.824. The molecule has 0 heterocycles. The van der Waals surface area contributed by atoms with Gasteiger partial charge in [0.05, 0.1) is 4.92 Å². The van der Waals surface area contributed by atoms with Crippen molar-refractivity contribution < 1.29 is 36.0 Å². The zero-order valence-corrected chi connectivity index (χ0v) is 13.3. The second-order valence-corrected chi connectivity index (χ2v) is 8.26. The van der Waals surface area contributed by atoms with E-state index in [1.54, 1.807) is 18.2 Å². The smallest absolute Gasteiger partial charge is 0.368 e. The van der Waals surface area contributed by atoms with E-state index in [0.717, 1.165) is 0 Å². The monoisotopic (exact) mass is 387 g/mol. The Bertz CT molecular complexity index is 607. The van der Waals surface area contributed by atoms with Crippen molar-refractivity contribution in [1.29, 1.82) is 0 Å². The van der Waals surface area contributed by atoms with Gasteiger partial charge < -0.3 is 5.11 Å². The summed E-state index contributed by atoms with van der Waals surface area (Å²) >= 11 is -1.10. The van der Waals surface area contributed by atoms with Gasteiger partial charge in [0.25, 0.3) is 3.57 Å². The van der Waals surface area contributed by atoms with Crippen molar-refractivity contribution in [3.8, 4) is 0 Å². The molecule has 20 heavy (non-hydrogen) atoms. The molecule has 1 aliphatic rings. The minimum absolute atomic E-state index is 0.00164. The standard InChI is InChI=1S/C14H14INO4/c1-14(2)7-11(17)13(12(18)8-14)15-9-5-3-4-6-10(9)16(19)20/h3-6H,7-8H2,1-2H3. The van der Waals surface area contributed by atoms with Gasteiger partial charge in [-0.1, -0.05) is 31.7 Å². The van der Waals surface area contributed by atoms with Gasteiger partial charge in [0, 0.05) is 12.5 Å². The lowest BCUT2D eigenvalue weighted by atomic mass is 9.79. The predicted octanol–water partition coefficient (Wildman–Crippen LogP) is -1.19. The number of carbonyl (C=O) groups is 1. The molecule has 1 aromatic rings. The predicted molar refractivity (Wildman–Crippen MR) is 66.8 cm³/mol. The maximum Gasteiger partial charge on any atom is 0.368 e. The van der Waals surface area contributed by atoms with E-state index in [2.05, 4.69) is 0 Å². The van der Waals surface area contributed by atoms with Gasteiger partial charge in [0.1, 0.15) is 0 Å². The Balaban J connectivity index is 2.35. The lowest BCUT2D eigenvalue weighted by Crippen LogP contribution is -3.61. The highest BCUT2D eigenvalue weighted by atomic mass is 127. The van der Waals surface area contributed by atoms with Crippen molar-refractivity contribution in [2.75, 3.05) is 0 Å². The quantitative estimate of drug-likeness (QED) is 0.371. The number of halogens is 1. The van der Waals surface area contributed by atoms with E-state index in [1.807, 2.05) is 13.8 Å². The zero-order chi connectivity index (χ0) is 14.9. The fourth-order valence-electron chi connectivity index (χ4n) is 2.13. The number of hydrogen-bond donors (Lipinski definition) is 0. The summed E-state index contributed by atoms with van der Waals surface area (Å²) in [5, 5.41) is 23.1. The van der Waals surface area contributed by atoms with Crippen LogP contribution in [0.3, 0.4) is 0 Å². The Hall–Kier alpha value is -1.44. The minimum Gasteiger partial charge on any atom is -0.872 e. The molecule has 0 fully saturated rings. The molecule has 0 aromatic heterocycles. The van der Waals surface area contributed by atoms with Crippen molar-refractivity contribution in [2.45, 2.75) is 26.7 Å². The summed E-state index contributed by atoms with van der Waals surface area (Å²) in [5.41, 5.74) is -0.303. The minimum atomic E-state index is -1.10. The lowest BCUT2D eigenvalue weighted by Gasteiger charge is -2.31. The zero-order valence-electron chi connectivity index (χ0n) is 11.2. The fraction of sp³-hybridized carbons (Fsp3) is 0.357. The molecule has 0 spiro atoms. The summed E-state index contributed by atoms with van der Waals surface area (Å²) in [6, 6.07) is 6.34. The van der Waals surface area contributed by atoms with Gasteiger partial charge in [-0.2, -0.15) is 0 Å². The molecule has 1 aliphatic carbocycles. The maximum atomic E-state index is 12.1. The molecule has 0 amide bonds. The molecule has 0 bridgehead atoms. The number of nitrogens with zero attached hydrogens (tertiary/aromatic N) is 1. The van der Waals surface area contributed by atoms with Gasteiger partial charge in [-0.05, 0) is 17.9 Å². The van der Waals surface area contributed by atoms with Crippen LogP contribution in [0.1, 0.15) is 26.7 Å². The van der Waals surface area contributed by atoms with Crippen molar-refractivity contribution in [1.82, 2.24) is 0 Å². The average molecular weight is 387 g/mol. The Kier molecular flexibility index (Phi) is 4.12. The molecule has 0 aliphatic heterocycles. The highest BCUT2D eigenvalue weighted by Crippen LogP contribution is 2.32. The topological polar surface area (TPSA) is 83.3 Å². The molecule has 106 valence electrons. The number of Topliss-reactive ketones (excluding diaryl/α,β-unsaturated/α-hetero) is 1. The Morgan fingerprint density at radius 2 is 1.90 bits per heavy atom. The van der Waals surface area contributed by atoms with Crippen LogP contribution in [-0.4, -0.2) is 10.7 Å². The molecule has 2 rings (SSSR count). The van der Waals surface area contributed by atoms with Crippen molar-refractivity contribution >= 4 is 11.5 Å². The number of nitro benzene ring substituents is 1. The normalized spacial score (nSPS) is 18.2. The molecular formula is C14H14INO4. The van der Waals surface area contributed by atoms with E-state index in [-0.39, 0.29) is 22.6 Å². The molecule has 1 aromatic carbocycles. The number of hydrogen-bond acceptors (Lipinski definition) is 4. The van der Waals surface area contributed by atoms with E-state index >= 15 is 0 Å². The summed E-state index contributed by atoms with van der Waals surface area (Å²) in [4.78, 5) is 22.6. The number of allylic oxidation sites excluding steroid dienone is 2. The van der Waals surface area contributed by atoms with Crippen LogP contribution in [0.4, 0.5) is 5.69 Å². The third-order valence-electron chi connectivity index (χ3n) is 3.01. The van der Waals surface area contributed by atoms with Gasteiger partial charge in [-0.25, -0.2) is 0 Å². The van der Waals surface area contributed by atoms with E-state index in [1.165, 1.54) is 6.07 Å². The first-order valence-electron chi connectivity index (χ1n) is 6.12. The second-order valence-electron chi connectivity index (χ2n) is 5.48. The van der Waals surface area contributed by atoms with Crippen molar-refractivity contribution in [3.05, 3.63) is 47.3 Å². The van der Waals surface area contributed by atoms with Gasteiger partial charge in [0.15, 0.2) is 0 Å². The number of ketones is 1. The first-order valence-corrected chi connectivity index (χ1v) is 8.27. The first kappa shape index (κ1) is 15.0. The van der Waals surface area contributed by atoms with Crippen molar-refractivity contribution in [3.63, 3.8) is 0 Å². The van der Waals surface area contributed by atoms with Crippen LogP contribution >= 0.6 is 0 Å². The summed E-state index contributed by atoms with van der Waals surface area (Å²) in [6.45, 7) is 3.78. The Morgan fingerprint density at radius 1 is 1.25 bits per heavy atom. The van der Waals surface area contributed by atoms with Crippen LogP contribution in [0.15, 0.2) is 33.6 Å². The molecule has 5 nitrogen and oxygen atoms in total. The Labute approximate surface area is 127 Å². The molecule has 6 heteroatoms. The van der Waals surface area contributed by atoms with Crippen molar-refractivity contribution in [2.24, 2.45) is 5.41 Å². The number of benzene rings is 1. The van der Waals surface area contributed by atoms with Crippen LogP contribution in [0.2, 0.25) is 0 Å². The van der Waals surface area contributed by atoms with Crippen LogP contribution in [0.5, 0.6) is 0 Å². The molecule has 0 saturated heterocycles. The number of nitro groups is 1. The molecule has 0 unspecified atom stereocenters. The summed E-state index contributed by atoms with van der Waals surface area (Å²) in [6.07, 6.45) is 0.683. The second kappa shape index (κ2) is 5.51. The Morgan fingerprint density at radius 3 is 2.50 bits per heavy atom. The van der Waals surface area contributed by atoms with E-state index in [4.69, 9.17) is 0 Å². The summed E-state index contributed by atoms with van der Waals surface area (Å²) in [5.74, 6) is -0.283. The number of rotatable bonds is 3. The van der Waals surface area contributed by atoms with Crippen LogP contribution in [0.25, 0.3) is 0 Å². The third-order valence-corrected chi connectivity index (χ3v) is 6.25. The SMILES string of the molecule is CC1(C)CC(=O)C([I+]c2ccccc2[N+](=O)[O-])=C([O-])C1. The highest BCUT2D eigenvalue weighted by molar-refractivity contribution is 5.94. The lowest BCUT2D eigenvalue weighted by molar-refractivity contribution is -0.587. The molecule has 0 saturated carbocycles. The number of carbonyl (C=O) groups excluding carboxylic acids is 1. The van der Waals surface area contributed by atoms with E-state index < -0.39 is 26.1 Å². The van der Waals surface area contributed by atoms with Gasteiger partial charge in [-0.15, -0.1) is 0 Å². The molecule has 0 radical (unpaired) electrons. The summed E-state index contributed by atoms with van der Waals surface area (Å²) in [7, 11) is 0. The molecular weight excluding hydrogens is 373 g/mol. The molecule has 0 atom stereocenters. The average Bonchev–Trinajstić information content (AvgIpc) is 2.33. The largest absolute Gasteiger partial charge is 0.872 e. The van der Waals surface area contributed by atoms with Crippen LogP contribution in [0, 0.1) is 19.1 Å². The first-order chi connectivity index (χ1) is 9.30. The van der Waals surface area contributed by atoms with Crippen LogP contribution in [-0.2, 0) is 4.79 Å². The number of para-hydroxylation sites is 1. The van der Waals surface area contributed by atoms with E-state index in [9.17, 15) is 20.0 Å².